The number of halogens is 1. The van der Waals surface area contributed by atoms with Crippen LogP contribution in [0.1, 0.15) is 16.9 Å². The van der Waals surface area contributed by atoms with Crippen molar-refractivity contribution in [1.29, 1.82) is 0 Å². The smallest absolute Gasteiger partial charge is 0.132 e. The third kappa shape index (κ3) is 2.83. The highest BCUT2D eigenvalue weighted by molar-refractivity contribution is 7.19. The summed E-state index contributed by atoms with van der Waals surface area (Å²) in [5.41, 5.74) is 6.97. The van der Waals surface area contributed by atoms with E-state index in [9.17, 15) is 4.39 Å². The normalized spacial score (nSPS) is 20.0. The molecule has 114 valence electrons. The average molecular weight is 307 g/mol. The van der Waals surface area contributed by atoms with Gasteiger partial charge in [0.05, 0.1) is 0 Å². The Morgan fingerprint density at radius 1 is 1.43 bits per heavy atom. The molecule has 5 heteroatoms. The van der Waals surface area contributed by atoms with Gasteiger partial charge in [0, 0.05) is 47.2 Å². The number of rotatable bonds is 4. The fourth-order valence-electron chi connectivity index (χ4n) is 3.15. The predicted molar refractivity (Wildman–Crippen MR) is 87.0 cm³/mol. The second kappa shape index (κ2) is 6.01. The van der Waals surface area contributed by atoms with Crippen molar-refractivity contribution in [3.05, 3.63) is 34.5 Å². The Bertz CT molecular complexity index is 638. The molecule has 2 aromatic rings. The second-order valence-electron chi connectivity index (χ2n) is 5.96. The van der Waals surface area contributed by atoms with Crippen molar-refractivity contribution in [2.24, 2.45) is 5.73 Å². The van der Waals surface area contributed by atoms with Crippen LogP contribution >= 0.6 is 11.3 Å². The molecule has 2 N–H and O–H groups in total. The topological polar surface area (TPSA) is 32.5 Å². The highest BCUT2D eigenvalue weighted by Gasteiger charge is 2.26. The van der Waals surface area contributed by atoms with Crippen LogP contribution in [-0.4, -0.2) is 43.0 Å². The van der Waals surface area contributed by atoms with Gasteiger partial charge in [-0.15, -0.1) is 11.3 Å². The standard InChI is InChI=1S/C16H22FN3S/c1-19(2)11-6-7-20(9-11)10-12-15(8-18)21-14-5-3-4-13(17)16(12)14/h3-5,11H,6-10,18H2,1-2H3. The molecule has 1 aromatic heterocycles. The number of likely N-dealkylation sites (tertiary alicyclic amines) is 1. The van der Waals surface area contributed by atoms with E-state index in [1.54, 1.807) is 23.5 Å². The maximum Gasteiger partial charge on any atom is 0.132 e. The van der Waals surface area contributed by atoms with Gasteiger partial charge in [-0.1, -0.05) is 6.07 Å². The van der Waals surface area contributed by atoms with E-state index >= 15 is 0 Å². The van der Waals surface area contributed by atoms with Crippen molar-refractivity contribution in [3.63, 3.8) is 0 Å². The van der Waals surface area contributed by atoms with E-state index in [0.29, 0.717) is 12.6 Å². The maximum atomic E-state index is 14.2. The Hall–Kier alpha value is -1.01. The molecule has 1 atom stereocenters. The first-order valence-electron chi connectivity index (χ1n) is 7.37. The lowest BCUT2D eigenvalue weighted by Crippen LogP contribution is -2.31. The first-order chi connectivity index (χ1) is 10.1. The number of hydrogen-bond acceptors (Lipinski definition) is 4. The number of nitrogens with two attached hydrogens (primary N) is 1. The summed E-state index contributed by atoms with van der Waals surface area (Å²) in [6, 6.07) is 5.90. The van der Waals surface area contributed by atoms with Crippen molar-refractivity contribution in [1.82, 2.24) is 9.80 Å². The lowest BCUT2D eigenvalue weighted by Gasteiger charge is -2.20. The Kier molecular flexibility index (Phi) is 4.26. The number of hydrogen-bond donors (Lipinski definition) is 1. The minimum Gasteiger partial charge on any atom is -0.326 e. The summed E-state index contributed by atoms with van der Waals surface area (Å²) in [5.74, 6) is -0.123. The van der Waals surface area contributed by atoms with Gasteiger partial charge in [0.15, 0.2) is 0 Å². The molecule has 1 aromatic carbocycles. The molecule has 2 heterocycles. The van der Waals surface area contributed by atoms with Gasteiger partial charge in [0.25, 0.3) is 0 Å². The minimum absolute atomic E-state index is 0.123. The molecule has 1 fully saturated rings. The lowest BCUT2D eigenvalue weighted by atomic mass is 10.1. The fraction of sp³-hybridized carbons (Fsp3) is 0.500. The molecule has 1 aliphatic heterocycles. The molecular formula is C16H22FN3S. The Labute approximate surface area is 129 Å². The third-order valence-corrected chi connectivity index (χ3v) is 5.61. The van der Waals surface area contributed by atoms with Gasteiger partial charge in [0.1, 0.15) is 5.82 Å². The van der Waals surface area contributed by atoms with E-state index in [1.807, 2.05) is 6.07 Å². The quantitative estimate of drug-likeness (QED) is 0.942. The van der Waals surface area contributed by atoms with Crippen LogP contribution in [0.3, 0.4) is 0 Å². The SMILES string of the molecule is CN(C)C1CCN(Cc2c(CN)sc3cccc(F)c23)C1. The van der Waals surface area contributed by atoms with Crippen LogP contribution in [0.15, 0.2) is 18.2 Å². The molecule has 1 aliphatic rings. The molecule has 0 bridgehead atoms. The predicted octanol–water partition coefficient (Wildman–Crippen LogP) is 2.64. The van der Waals surface area contributed by atoms with E-state index in [-0.39, 0.29) is 5.82 Å². The number of nitrogens with zero attached hydrogens (tertiary/aromatic N) is 2. The summed E-state index contributed by atoms with van der Waals surface area (Å²) in [5, 5.41) is 0.774. The van der Waals surface area contributed by atoms with Gasteiger partial charge < -0.3 is 10.6 Å². The Morgan fingerprint density at radius 2 is 2.24 bits per heavy atom. The summed E-state index contributed by atoms with van der Waals surface area (Å²) in [7, 11) is 4.25. The fourth-order valence-corrected chi connectivity index (χ4v) is 4.26. The van der Waals surface area contributed by atoms with E-state index in [1.165, 1.54) is 6.42 Å². The molecular weight excluding hydrogens is 285 g/mol. The van der Waals surface area contributed by atoms with Crippen LogP contribution < -0.4 is 5.73 Å². The van der Waals surface area contributed by atoms with Crippen LogP contribution in [0.5, 0.6) is 0 Å². The first kappa shape index (κ1) is 14.9. The summed E-state index contributed by atoms with van der Waals surface area (Å²) < 4.78 is 15.2. The second-order valence-corrected chi connectivity index (χ2v) is 7.10. The van der Waals surface area contributed by atoms with Crippen molar-refractivity contribution in [2.75, 3.05) is 27.2 Å². The monoisotopic (exact) mass is 307 g/mol. The highest BCUT2D eigenvalue weighted by Crippen LogP contribution is 2.34. The van der Waals surface area contributed by atoms with Crippen LogP contribution in [-0.2, 0) is 13.1 Å². The number of thiophene rings is 1. The maximum absolute atomic E-state index is 14.2. The van der Waals surface area contributed by atoms with E-state index in [0.717, 1.165) is 40.2 Å². The third-order valence-electron chi connectivity index (χ3n) is 4.39. The summed E-state index contributed by atoms with van der Waals surface area (Å²) in [4.78, 5) is 5.80. The van der Waals surface area contributed by atoms with Gasteiger partial charge in [0.2, 0.25) is 0 Å². The molecule has 1 unspecified atom stereocenters. The van der Waals surface area contributed by atoms with Crippen LogP contribution in [0.2, 0.25) is 0 Å². The molecule has 3 rings (SSSR count). The zero-order valence-corrected chi connectivity index (χ0v) is 13.4. The Balaban J connectivity index is 1.90. The van der Waals surface area contributed by atoms with Crippen molar-refractivity contribution in [2.45, 2.75) is 25.6 Å². The number of benzene rings is 1. The molecule has 0 radical (unpaired) electrons. The summed E-state index contributed by atoms with van der Waals surface area (Å²) >= 11 is 1.63. The number of fused-ring (bicyclic) bond motifs is 1. The largest absolute Gasteiger partial charge is 0.326 e. The molecule has 0 aliphatic carbocycles. The summed E-state index contributed by atoms with van der Waals surface area (Å²) in [6.45, 7) is 3.40. The van der Waals surface area contributed by atoms with Crippen molar-refractivity contribution in [3.8, 4) is 0 Å². The molecule has 0 spiro atoms. The lowest BCUT2D eigenvalue weighted by molar-refractivity contribution is 0.265. The zero-order valence-electron chi connectivity index (χ0n) is 12.6. The van der Waals surface area contributed by atoms with Crippen molar-refractivity contribution < 1.29 is 4.39 Å². The van der Waals surface area contributed by atoms with E-state index in [2.05, 4.69) is 23.9 Å². The molecule has 0 saturated carbocycles. The van der Waals surface area contributed by atoms with E-state index < -0.39 is 0 Å². The molecule has 0 amide bonds. The first-order valence-corrected chi connectivity index (χ1v) is 8.19. The van der Waals surface area contributed by atoms with Gasteiger partial charge in [-0.25, -0.2) is 4.39 Å². The molecule has 1 saturated heterocycles. The van der Waals surface area contributed by atoms with Gasteiger partial charge >= 0.3 is 0 Å². The van der Waals surface area contributed by atoms with Crippen LogP contribution in [0, 0.1) is 5.82 Å². The van der Waals surface area contributed by atoms with Gasteiger partial charge in [-0.2, -0.15) is 0 Å². The zero-order chi connectivity index (χ0) is 15.0. The van der Waals surface area contributed by atoms with Crippen LogP contribution in [0.4, 0.5) is 4.39 Å². The van der Waals surface area contributed by atoms with Gasteiger partial charge in [-0.3, -0.25) is 4.90 Å². The van der Waals surface area contributed by atoms with Crippen LogP contribution in [0.25, 0.3) is 10.1 Å². The summed E-state index contributed by atoms with van der Waals surface area (Å²) in [6.07, 6.45) is 1.18. The van der Waals surface area contributed by atoms with Gasteiger partial charge in [-0.05, 0) is 38.2 Å². The highest BCUT2D eigenvalue weighted by atomic mass is 32.1. The molecule has 3 nitrogen and oxygen atoms in total. The molecule has 21 heavy (non-hydrogen) atoms. The average Bonchev–Trinajstić information content (AvgIpc) is 3.05. The number of likely N-dealkylation sites (N-methyl/N-ethyl adjacent to an activating group) is 1. The van der Waals surface area contributed by atoms with Crippen molar-refractivity contribution >= 4 is 21.4 Å². The Morgan fingerprint density at radius 3 is 2.90 bits per heavy atom. The minimum atomic E-state index is -0.123. The van der Waals surface area contributed by atoms with E-state index in [4.69, 9.17) is 5.73 Å².